The standard InChI is InChI=1S/C24H24FN3O/c25-21-6-3-7-22-23(21)20(24(29)27-22)14-26-18-8-10-19(11-9-18)28-13-12-16-4-1-2-5-17(16)15-28/h3,5-11,14,16,26H,1-2,4,12-13,15H2,(H,27,29). The number of fused-ring (bicyclic) bond motifs is 2. The van der Waals surface area contributed by atoms with Gasteiger partial charge in [-0.3, -0.25) is 4.79 Å². The van der Waals surface area contributed by atoms with E-state index in [0.717, 1.165) is 24.7 Å². The molecule has 2 aromatic carbocycles. The number of carbonyl (C=O) groups excluding carboxylic acids is 1. The summed E-state index contributed by atoms with van der Waals surface area (Å²) in [6, 6.07) is 12.9. The van der Waals surface area contributed by atoms with Crippen molar-refractivity contribution in [3.8, 4) is 0 Å². The molecule has 1 atom stereocenters. The van der Waals surface area contributed by atoms with Gasteiger partial charge in [-0.15, -0.1) is 0 Å². The Balaban J connectivity index is 1.30. The van der Waals surface area contributed by atoms with E-state index >= 15 is 0 Å². The molecule has 1 fully saturated rings. The maximum Gasteiger partial charge on any atom is 0.257 e. The molecule has 5 rings (SSSR count). The van der Waals surface area contributed by atoms with E-state index in [1.807, 2.05) is 12.1 Å². The van der Waals surface area contributed by atoms with Gasteiger partial charge in [-0.2, -0.15) is 0 Å². The molecule has 0 spiro atoms. The summed E-state index contributed by atoms with van der Waals surface area (Å²) < 4.78 is 14.1. The van der Waals surface area contributed by atoms with Gasteiger partial charge in [-0.1, -0.05) is 17.7 Å². The van der Waals surface area contributed by atoms with Gasteiger partial charge in [0.2, 0.25) is 0 Å². The monoisotopic (exact) mass is 389 g/mol. The highest BCUT2D eigenvalue weighted by Gasteiger charge is 2.27. The Labute approximate surface area is 170 Å². The maximum atomic E-state index is 14.1. The maximum absolute atomic E-state index is 14.1. The second kappa shape index (κ2) is 7.39. The van der Waals surface area contributed by atoms with Crippen LogP contribution in [0, 0.1) is 11.7 Å². The van der Waals surface area contributed by atoms with Crippen LogP contribution in [0.3, 0.4) is 0 Å². The van der Waals surface area contributed by atoms with Gasteiger partial charge in [0.25, 0.3) is 5.91 Å². The average Bonchev–Trinajstić information content (AvgIpc) is 3.08. The number of halogens is 1. The number of hydrogen-bond acceptors (Lipinski definition) is 3. The molecule has 2 heterocycles. The molecule has 1 amide bonds. The average molecular weight is 389 g/mol. The van der Waals surface area contributed by atoms with E-state index in [9.17, 15) is 9.18 Å². The molecule has 2 aliphatic heterocycles. The molecule has 1 saturated heterocycles. The molecule has 3 aliphatic rings. The Bertz CT molecular complexity index is 1010. The number of carbonyl (C=O) groups is 1. The molecule has 5 heteroatoms. The number of anilines is 3. The lowest BCUT2D eigenvalue weighted by Gasteiger charge is -2.37. The van der Waals surface area contributed by atoms with Crippen molar-refractivity contribution in [1.82, 2.24) is 0 Å². The zero-order chi connectivity index (χ0) is 19.8. The molecule has 0 aromatic heterocycles. The zero-order valence-corrected chi connectivity index (χ0v) is 16.2. The molecule has 29 heavy (non-hydrogen) atoms. The van der Waals surface area contributed by atoms with Crippen LogP contribution in [0.1, 0.15) is 31.2 Å². The fourth-order valence-corrected chi connectivity index (χ4v) is 4.63. The second-order valence-corrected chi connectivity index (χ2v) is 7.98. The predicted octanol–water partition coefficient (Wildman–Crippen LogP) is 5.17. The van der Waals surface area contributed by atoms with Crippen molar-refractivity contribution < 1.29 is 9.18 Å². The first kappa shape index (κ1) is 18.0. The predicted molar refractivity (Wildman–Crippen MR) is 115 cm³/mol. The Morgan fingerprint density at radius 2 is 2.00 bits per heavy atom. The van der Waals surface area contributed by atoms with Gasteiger partial charge in [0, 0.05) is 36.2 Å². The van der Waals surface area contributed by atoms with Crippen molar-refractivity contribution >= 4 is 28.5 Å². The molecule has 2 N–H and O–H groups in total. The summed E-state index contributed by atoms with van der Waals surface area (Å²) in [5.41, 5.74) is 4.83. The quantitative estimate of drug-likeness (QED) is 0.562. The van der Waals surface area contributed by atoms with Crippen LogP contribution in [0.15, 0.2) is 60.3 Å². The van der Waals surface area contributed by atoms with Crippen LogP contribution in [0.5, 0.6) is 0 Å². The molecule has 148 valence electrons. The Hall–Kier alpha value is -3.08. The normalized spacial score (nSPS) is 22.0. The summed E-state index contributed by atoms with van der Waals surface area (Å²) in [5, 5.41) is 5.84. The lowest BCUT2D eigenvalue weighted by atomic mass is 9.82. The number of nitrogens with zero attached hydrogens (tertiary/aromatic N) is 1. The second-order valence-electron chi connectivity index (χ2n) is 7.98. The van der Waals surface area contributed by atoms with Gasteiger partial charge in [0.1, 0.15) is 5.82 Å². The van der Waals surface area contributed by atoms with Crippen LogP contribution >= 0.6 is 0 Å². The Kier molecular flexibility index (Phi) is 4.58. The van der Waals surface area contributed by atoms with Crippen molar-refractivity contribution in [2.45, 2.75) is 25.7 Å². The summed E-state index contributed by atoms with van der Waals surface area (Å²) in [6.07, 6.45) is 9.14. The van der Waals surface area contributed by atoms with Gasteiger partial charge >= 0.3 is 0 Å². The molecule has 0 radical (unpaired) electrons. The van der Waals surface area contributed by atoms with Crippen molar-refractivity contribution in [3.63, 3.8) is 0 Å². The van der Waals surface area contributed by atoms with Crippen molar-refractivity contribution in [3.05, 3.63) is 71.7 Å². The van der Waals surface area contributed by atoms with E-state index in [1.54, 1.807) is 23.9 Å². The van der Waals surface area contributed by atoms with E-state index in [4.69, 9.17) is 0 Å². The summed E-state index contributed by atoms with van der Waals surface area (Å²) >= 11 is 0. The number of rotatable bonds is 3. The smallest absolute Gasteiger partial charge is 0.257 e. The number of piperidine rings is 1. The molecule has 1 unspecified atom stereocenters. The minimum atomic E-state index is -0.398. The van der Waals surface area contributed by atoms with Gasteiger partial charge in [-0.25, -0.2) is 4.39 Å². The minimum Gasteiger partial charge on any atom is -0.368 e. The highest BCUT2D eigenvalue weighted by atomic mass is 19.1. The summed E-state index contributed by atoms with van der Waals surface area (Å²) in [7, 11) is 0. The topological polar surface area (TPSA) is 44.4 Å². The van der Waals surface area contributed by atoms with Gasteiger partial charge in [0.05, 0.1) is 11.3 Å². The van der Waals surface area contributed by atoms with Crippen LogP contribution < -0.4 is 15.5 Å². The van der Waals surface area contributed by atoms with Gasteiger partial charge in [-0.05, 0) is 68.0 Å². The molecular weight excluding hydrogens is 365 g/mol. The van der Waals surface area contributed by atoms with Crippen LogP contribution in [0.25, 0.3) is 5.57 Å². The van der Waals surface area contributed by atoms with E-state index in [-0.39, 0.29) is 5.91 Å². The lowest BCUT2D eigenvalue weighted by Crippen LogP contribution is -2.36. The van der Waals surface area contributed by atoms with Crippen LogP contribution in [-0.4, -0.2) is 19.0 Å². The molecule has 2 aromatic rings. The van der Waals surface area contributed by atoms with Crippen molar-refractivity contribution in [1.29, 1.82) is 0 Å². The Morgan fingerprint density at radius 1 is 1.14 bits per heavy atom. The zero-order valence-electron chi connectivity index (χ0n) is 16.2. The van der Waals surface area contributed by atoms with Crippen LogP contribution in [-0.2, 0) is 4.79 Å². The molecular formula is C24H24FN3O. The number of benzene rings is 2. The largest absolute Gasteiger partial charge is 0.368 e. The fraction of sp³-hybridized carbons (Fsp3) is 0.292. The Morgan fingerprint density at radius 3 is 2.86 bits per heavy atom. The van der Waals surface area contributed by atoms with Gasteiger partial charge in [0.15, 0.2) is 0 Å². The van der Waals surface area contributed by atoms with E-state index in [0.29, 0.717) is 16.8 Å². The highest BCUT2D eigenvalue weighted by Crippen LogP contribution is 2.35. The van der Waals surface area contributed by atoms with Crippen molar-refractivity contribution in [2.75, 3.05) is 28.6 Å². The van der Waals surface area contributed by atoms with E-state index in [1.165, 1.54) is 37.4 Å². The van der Waals surface area contributed by atoms with Gasteiger partial charge < -0.3 is 15.5 Å². The van der Waals surface area contributed by atoms with Crippen molar-refractivity contribution in [2.24, 2.45) is 5.92 Å². The fourth-order valence-electron chi connectivity index (χ4n) is 4.63. The third-order valence-electron chi connectivity index (χ3n) is 6.20. The third kappa shape index (κ3) is 3.41. The number of nitrogens with one attached hydrogen (secondary N) is 2. The molecule has 0 saturated carbocycles. The summed E-state index contributed by atoms with van der Waals surface area (Å²) in [4.78, 5) is 14.6. The summed E-state index contributed by atoms with van der Waals surface area (Å²) in [6.45, 7) is 2.12. The number of hydrogen-bond donors (Lipinski definition) is 2. The minimum absolute atomic E-state index is 0.294. The van der Waals surface area contributed by atoms with E-state index < -0.39 is 5.82 Å². The highest BCUT2D eigenvalue weighted by molar-refractivity contribution is 6.31. The lowest BCUT2D eigenvalue weighted by molar-refractivity contribution is -0.110. The number of allylic oxidation sites excluding steroid dienone is 1. The third-order valence-corrected chi connectivity index (χ3v) is 6.20. The molecule has 1 aliphatic carbocycles. The summed E-state index contributed by atoms with van der Waals surface area (Å²) in [5.74, 6) is 0.0934. The SMILES string of the molecule is O=C1Nc2cccc(F)c2C1=CNc1ccc(N2CCC3CCCC=C3C2)cc1. The van der Waals surface area contributed by atoms with Crippen LogP contribution in [0.4, 0.5) is 21.5 Å². The first-order valence-corrected chi connectivity index (χ1v) is 10.3. The molecule has 4 nitrogen and oxygen atoms in total. The number of amides is 1. The first-order chi connectivity index (χ1) is 14.2. The van der Waals surface area contributed by atoms with Crippen LogP contribution in [0.2, 0.25) is 0 Å². The first-order valence-electron chi connectivity index (χ1n) is 10.3. The van der Waals surface area contributed by atoms with E-state index in [2.05, 4.69) is 33.7 Å². The molecule has 0 bridgehead atoms.